The number of methoxy groups -OCH3 is 1. The molecule has 1 aliphatic rings. The van der Waals surface area contributed by atoms with Gasteiger partial charge in [-0.25, -0.2) is 4.98 Å². The summed E-state index contributed by atoms with van der Waals surface area (Å²) in [6, 6.07) is 8.53. The number of nitrogens with zero attached hydrogens (tertiary/aromatic N) is 2. The number of para-hydroxylation sites is 1. The molecule has 1 aliphatic carbocycles. The van der Waals surface area contributed by atoms with Crippen LogP contribution < -0.4 is 15.6 Å². The van der Waals surface area contributed by atoms with Gasteiger partial charge in [0.15, 0.2) is 0 Å². The van der Waals surface area contributed by atoms with Gasteiger partial charge in [0.25, 0.3) is 5.56 Å². The van der Waals surface area contributed by atoms with E-state index in [0.717, 1.165) is 48.3 Å². The molecular weight excluding hydrogens is 370 g/mol. The van der Waals surface area contributed by atoms with Gasteiger partial charge in [0.2, 0.25) is 0 Å². The lowest BCUT2D eigenvalue weighted by molar-refractivity contribution is 0.401. The molecule has 0 amide bonds. The van der Waals surface area contributed by atoms with E-state index in [1.54, 1.807) is 29.3 Å². The molecule has 0 saturated carbocycles. The SMILES string of the molecule is COc1ccccc1CNC1CCc2c(sc3ncn(CC(C)C)c(=O)c23)C1. The van der Waals surface area contributed by atoms with E-state index >= 15 is 0 Å². The van der Waals surface area contributed by atoms with Crippen LogP contribution in [-0.4, -0.2) is 22.7 Å². The molecule has 0 fully saturated rings. The fourth-order valence-corrected chi connectivity index (χ4v) is 5.26. The Hall–Kier alpha value is -2.18. The van der Waals surface area contributed by atoms with Gasteiger partial charge in [0.1, 0.15) is 10.6 Å². The standard InChI is InChI=1S/C22H27N3O2S/c1-14(2)12-25-13-24-21-20(22(25)26)17-9-8-16(10-19(17)28-21)23-11-15-6-4-5-7-18(15)27-3/h4-7,13-14,16,23H,8-12H2,1-3H3. The second kappa shape index (κ2) is 8.05. The lowest BCUT2D eigenvalue weighted by Crippen LogP contribution is -2.34. The summed E-state index contributed by atoms with van der Waals surface area (Å²) in [5, 5.41) is 4.53. The number of hydrogen-bond donors (Lipinski definition) is 1. The van der Waals surface area contributed by atoms with Gasteiger partial charge in [-0.15, -0.1) is 11.3 Å². The van der Waals surface area contributed by atoms with Crippen molar-refractivity contribution in [1.82, 2.24) is 14.9 Å². The van der Waals surface area contributed by atoms with E-state index in [2.05, 4.69) is 30.2 Å². The zero-order valence-corrected chi connectivity index (χ0v) is 17.5. The van der Waals surface area contributed by atoms with Crippen LogP contribution in [0.2, 0.25) is 0 Å². The van der Waals surface area contributed by atoms with E-state index < -0.39 is 0 Å². The van der Waals surface area contributed by atoms with Gasteiger partial charge >= 0.3 is 0 Å². The normalized spacial score (nSPS) is 16.5. The Morgan fingerprint density at radius 1 is 1.36 bits per heavy atom. The third-order valence-electron chi connectivity index (χ3n) is 5.37. The Morgan fingerprint density at radius 2 is 2.18 bits per heavy atom. The Kier molecular flexibility index (Phi) is 5.51. The molecule has 0 saturated heterocycles. The average molecular weight is 398 g/mol. The van der Waals surface area contributed by atoms with Gasteiger partial charge < -0.3 is 10.1 Å². The molecule has 6 heteroatoms. The molecule has 0 spiro atoms. The van der Waals surface area contributed by atoms with Crippen molar-refractivity contribution >= 4 is 21.6 Å². The number of benzene rings is 1. The number of thiophene rings is 1. The van der Waals surface area contributed by atoms with Crippen molar-refractivity contribution in [2.75, 3.05) is 7.11 Å². The molecule has 5 nitrogen and oxygen atoms in total. The third kappa shape index (κ3) is 3.71. The first-order valence-corrected chi connectivity index (χ1v) is 10.7. The number of fused-ring (bicyclic) bond motifs is 3. The van der Waals surface area contributed by atoms with Crippen LogP contribution in [0.4, 0.5) is 0 Å². The highest BCUT2D eigenvalue weighted by Gasteiger charge is 2.25. The monoisotopic (exact) mass is 397 g/mol. The van der Waals surface area contributed by atoms with Crippen LogP contribution in [0.25, 0.3) is 10.2 Å². The molecule has 3 aromatic rings. The summed E-state index contributed by atoms with van der Waals surface area (Å²) in [4.78, 5) is 19.7. The van der Waals surface area contributed by atoms with Crippen molar-refractivity contribution in [3.8, 4) is 5.75 Å². The number of aromatic nitrogens is 2. The summed E-state index contributed by atoms with van der Waals surface area (Å²) in [5.41, 5.74) is 2.52. The summed E-state index contributed by atoms with van der Waals surface area (Å²) in [5.74, 6) is 1.35. The molecule has 2 aromatic heterocycles. The maximum Gasteiger partial charge on any atom is 0.262 e. The van der Waals surface area contributed by atoms with Gasteiger partial charge in [-0.3, -0.25) is 9.36 Å². The average Bonchev–Trinajstić information content (AvgIpc) is 3.07. The van der Waals surface area contributed by atoms with E-state index in [0.29, 0.717) is 12.0 Å². The van der Waals surface area contributed by atoms with E-state index in [1.165, 1.54) is 16.0 Å². The van der Waals surface area contributed by atoms with E-state index in [4.69, 9.17) is 4.74 Å². The maximum absolute atomic E-state index is 13.0. The zero-order chi connectivity index (χ0) is 19.7. The van der Waals surface area contributed by atoms with Crippen molar-refractivity contribution < 1.29 is 4.74 Å². The summed E-state index contributed by atoms with van der Waals surface area (Å²) >= 11 is 1.69. The minimum absolute atomic E-state index is 0.122. The second-order valence-corrected chi connectivity index (χ2v) is 9.00. The van der Waals surface area contributed by atoms with Gasteiger partial charge in [-0.2, -0.15) is 0 Å². The number of rotatable bonds is 6. The molecule has 4 rings (SSSR count). The molecule has 0 aliphatic heterocycles. The fraction of sp³-hybridized carbons (Fsp3) is 0.455. The fourth-order valence-electron chi connectivity index (χ4n) is 4.00. The molecule has 1 aromatic carbocycles. The number of ether oxygens (including phenoxy) is 1. The number of aryl methyl sites for hydroxylation is 1. The van der Waals surface area contributed by atoms with Crippen LogP contribution in [-0.2, 0) is 25.9 Å². The first kappa shape index (κ1) is 19.2. The Morgan fingerprint density at radius 3 is 2.96 bits per heavy atom. The van der Waals surface area contributed by atoms with E-state index in [-0.39, 0.29) is 5.56 Å². The molecule has 1 unspecified atom stereocenters. The molecule has 0 radical (unpaired) electrons. The highest BCUT2D eigenvalue weighted by atomic mass is 32.1. The van der Waals surface area contributed by atoms with Gasteiger partial charge in [-0.05, 0) is 36.8 Å². The van der Waals surface area contributed by atoms with E-state index in [9.17, 15) is 4.79 Å². The lowest BCUT2D eigenvalue weighted by Gasteiger charge is -2.24. The van der Waals surface area contributed by atoms with Crippen LogP contribution >= 0.6 is 11.3 Å². The molecular formula is C22H27N3O2S. The molecule has 1 N–H and O–H groups in total. The summed E-state index contributed by atoms with van der Waals surface area (Å²) in [7, 11) is 1.71. The summed E-state index contributed by atoms with van der Waals surface area (Å²) in [6.07, 6.45) is 4.63. The Bertz CT molecular complexity index is 1040. The highest BCUT2D eigenvalue weighted by molar-refractivity contribution is 7.18. The van der Waals surface area contributed by atoms with Crippen LogP contribution in [0.5, 0.6) is 5.75 Å². The third-order valence-corrected chi connectivity index (χ3v) is 6.53. The predicted octanol–water partition coefficient (Wildman–Crippen LogP) is 3.77. The van der Waals surface area contributed by atoms with E-state index in [1.807, 2.05) is 18.2 Å². The molecule has 2 heterocycles. The van der Waals surface area contributed by atoms with Crippen molar-refractivity contribution in [3.63, 3.8) is 0 Å². The number of hydrogen-bond acceptors (Lipinski definition) is 5. The quantitative estimate of drug-likeness (QED) is 0.688. The number of nitrogens with one attached hydrogen (secondary N) is 1. The Labute approximate surface area is 169 Å². The predicted molar refractivity (Wildman–Crippen MR) is 114 cm³/mol. The van der Waals surface area contributed by atoms with Crippen LogP contribution in [0.1, 0.15) is 36.3 Å². The van der Waals surface area contributed by atoms with Crippen molar-refractivity contribution in [1.29, 1.82) is 0 Å². The summed E-state index contributed by atoms with van der Waals surface area (Å²) in [6.45, 7) is 5.75. The largest absolute Gasteiger partial charge is 0.496 e. The van der Waals surface area contributed by atoms with Crippen molar-refractivity contribution in [2.24, 2.45) is 5.92 Å². The zero-order valence-electron chi connectivity index (χ0n) is 16.7. The van der Waals surface area contributed by atoms with Crippen molar-refractivity contribution in [2.45, 2.75) is 52.2 Å². The molecule has 28 heavy (non-hydrogen) atoms. The first-order chi connectivity index (χ1) is 13.6. The van der Waals surface area contributed by atoms with Gasteiger partial charge in [0, 0.05) is 29.6 Å². The highest BCUT2D eigenvalue weighted by Crippen LogP contribution is 2.34. The minimum atomic E-state index is 0.122. The molecule has 0 bridgehead atoms. The summed E-state index contributed by atoms with van der Waals surface area (Å²) < 4.78 is 7.22. The minimum Gasteiger partial charge on any atom is -0.496 e. The second-order valence-electron chi connectivity index (χ2n) is 7.91. The van der Waals surface area contributed by atoms with Gasteiger partial charge in [0.05, 0.1) is 18.8 Å². The maximum atomic E-state index is 13.0. The van der Waals surface area contributed by atoms with Crippen molar-refractivity contribution in [3.05, 3.63) is 57.0 Å². The van der Waals surface area contributed by atoms with Crippen LogP contribution in [0, 0.1) is 5.92 Å². The van der Waals surface area contributed by atoms with Crippen LogP contribution in [0.3, 0.4) is 0 Å². The first-order valence-electron chi connectivity index (χ1n) is 9.91. The topological polar surface area (TPSA) is 56.1 Å². The smallest absolute Gasteiger partial charge is 0.262 e. The molecule has 148 valence electrons. The van der Waals surface area contributed by atoms with Crippen LogP contribution in [0.15, 0.2) is 35.4 Å². The van der Waals surface area contributed by atoms with Gasteiger partial charge in [-0.1, -0.05) is 32.0 Å². The Balaban J connectivity index is 1.53. The molecule has 1 atom stereocenters. The lowest BCUT2D eigenvalue weighted by atomic mass is 9.93.